The van der Waals surface area contributed by atoms with E-state index in [2.05, 4.69) is 4.98 Å². The van der Waals surface area contributed by atoms with Gasteiger partial charge < -0.3 is 15.2 Å². The van der Waals surface area contributed by atoms with E-state index in [1.54, 1.807) is 49.7 Å². The highest BCUT2D eigenvalue weighted by Gasteiger charge is 1.98. The van der Waals surface area contributed by atoms with Crippen molar-refractivity contribution >= 4 is 5.69 Å². The van der Waals surface area contributed by atoms with Crippen LogP contribution < -0.4 is 15.2 Å². The lowest BCUT2D eigenvalue weighted by Gasteiger charge is -2.05. The molecule has 0 spiro atoms. The third-order valence-electron chi connectivity index (χ3n) is 2.05. The number of hydrogen-bond acceptors (Lipinski definition) is 4. The number of benzene rings is 1. The predicted octanol–water partition coefficient (Wildman–Crippen LogP) is 2.46. The van der Waals surface area contributed by atoms with E-state index in [-0.39, 0.29) is 0 Å². The summed E-state index contributed by atoms with van der Waals surface area (Å²) >= 11 is 0. The molecule has 0 saturated heterocycles. The minimum atomic E-state index is 0.519. The molecular weight excluding hydrogens is 204 g/mol. The Bertz CT molecular complexity index is 451. The van der Waals surface area contributed by atoms with Gasteiger partial charge in [0.1, 0.15) is 11.5 Å². The molecule has 0 fully saturated rings. The lowest BCUT2D eigenvalue weighted by Crippen LogP contribution is -1.90. The molecule has 2 rings (SSSR count). The lowest BCUT2D eigenvalue weighted by atomic mass is 10.3. The van der Waals surface area contributed by atoms with Crippen LogP contribution in [0.4, 0.5) is 5.69 Å². The Morgan fingerprint density at radius 1 is 1.00 bits per heavy atom. The van der Waals surface area contributed by atoms with Gasteiger partial charge >= 0.3 is 0 Å². The number of aromatic nitrogens is 1. The van der Waals surface area contributed by atoms with Gasteiger partial charge in [0.25, 0.3) is 0 Å². The molecule has 1 aromatic heterocycles. The number of anilines is 1. The van der Waals surface area contributed by atoms with Gasteiger partial charge in [-0.25, -0.2) is 4.98 Å². The van der Waals surface area contributed by atoms with Gasteiger partial charge in [0.05, 0.1) is 13.3 Å². The minimum absolute atomic E-state index is 0.519. The molecule has 0 saturated carbocycles. The minimum Gasteiger partial charge on any atom is -0.495 e. The molecule has 16 heavy (non-hydrogen) atoms. The number of nitrogens with two attached hydrogens (primary N) is 1. The molecule has 2 aromatic rings. The Kier molecular flexibility index (Phi) is 2.91. The largest absolute Gasteiger partial charge is 0.495 e. The van der Waals surface area contributed by atoms with E-state index in [1.165, 1.54) is 0 Å². The molecule has 0 aliphatic heterocycles. The Balaban J connectivity index is 2.11. The molecule has 1 aromatic carbocycles. The third kappa shape index (κ3) is 2.42. The first-order valence-electron chi connectivity index (χ1n) is 4.81. The molecule has 82 valence electrons. The van der Waals surface area contributed by atoms with Crippen LogP contribution in [0.5, 0.6) is 17.4 Å². The number of hydrogen-bond donors (Lipinski definition) is 1. The van der Waals surface area contributed by atoms with Crippen LogP contribution in [0.2, 0.25) is 0 Å². The van der Waals surface area contributed by atoms with Gasteiger partial charge in [-0.15, -0.1) is 0 Å². The van der Waals surface area contributed by atoms with Crippen molar-refractivity contribution in [2.75, 3.05) is 12.8 Å². The number of nitrogen functional groups attached to an aromatic ring is 1. The maximum Gasteiger partial charge on any atom is 0.219 e. The van der Waals surface area contributed by atoms with Crippen molar-refractivity contribution in [2.45, 2.75) is 0 Å². The summed E-state index contributed by atoms with van der Waals surface area (Å²) in [5, 5.41) is 0. The standard InChI is InChI=1S/C12H12N2O2/c1-15-11-6-7-12(14-8-11)16-10-4-2-9(13)3-5-10/h2-8H,13H2,1H3. The van der Waals surface area contributed by atoms with Crippen molar-refractivity contribution in [2.24, 2.45) is 0 Å². The average molecular weight is 216 g/mol. The number of pyridine rings is 1. The zero-order valence-corrected chi connectivity index (χ0v) is 8.88. The smallest absolute Gasteiger partial charge is 0.219 e. The van der Waals surface area contributed by atoms with Crippen LogP contribution in [-0.4, -0.2) is 12.1 Å². The Morgan fingerprint density at radius 3 is 2.25 bits per heavy atom. The fourth-order valence-electron chi connectivity index (χ4n) is 1.20. The average Bonchev–Trinajstić information content (AvgIpc) is 2.33. The van der Waals surface area contributed by atoms with E-state index < -0.39 is 0 Å². The second kappa shape index (κ2) is 4.53. The second-order valence-electron chi connectivity index (χ2n) is 3.21. The van der Waals surface area contributed by atoms with Crippen LogP contribution in [-0.2, 0) is 0 Å². The van der Waals surface area contributed by atoms with Crippen molar-refractivity contribution in [1.82, 2.24) is 4.98 Å². The molecule has 2 N–H and O–H groups in total. The van der Waals surface area contributed by atoms with Gasteiger partial charge in [0.2, 0.25) is 5.88 Å². The maximum atomic E-state index is 5.57. The van der Waals surface area contributed by atoms with Gasteiger partial charge in [-0.2, -0.15) is 0 Å². The number of nitrogens with zero attached hydrogens (tertiary/aromatic N) is 1. The summed E-state index contributed by atoms with van der Waals surface area (Å²) in [6.07, 6.45) is 1.60. The van der Waals surface area contributed by atoms with Crippen LogP contribution in [0, 0.1) is 0 Å². The SMILES string of the molecule is COc1ccc(Oc2ccc(N)cc2)nc1. The number of ether oxygens (including phenoxy) is 2. The molecule has 1 heterocycles. The van der Waals surface area contributed by atoms with E-state index in [1.807, 2.05) is 0 Å². The predicted molar refractivity (Wildman–Crippen MR) is 61.7 cm³/mol. The highest BCUT2D eigenvalue weighted by Crippen LogP contribution is 2.21. The molecule has 4 heteroatoms. The molecule has 0 aliphatic rings. The van der Waals surface area contributed by atoms with Crippen LogP contribution in [0.15, 0.2) is 42.6 Å². The fraction of sp³-hybridized carbons (Fsp3) is 0.0833. The maximum absolute atomic E-state index is 5.57. The highest BCUT2D eigenvalue weighted by atomic mass is 16.5. The van der Waals surface area contributed by atoms with Crippen molar-refractivity contribution in [3.8, 4) is 17.4 Å². The summed E-state index contributed by atoms with van der Waals surface area (Å²) in [4.78, 5) is 4.09. The van der Waals surface area contributed by atoms with Crippen LogP contribution in [0.3, 0.4) is 0 Å². The van der Waals surface area contributed by atoms with E-state index in [0.717, 1.165) is 0 Å². The van der Waals surface area contributed by atoms with Gasteiger partial charge in [0, 0.05) is 11.8 Å². The molecule has 0 amide bonds. The Labute approximate surface area is 93.6 Å². The first kappa shape index (κ1) is 10.3. The monoisotopic (exact) mass is 216 g/mol. The molecule has 0 unspecified atom stereocenters. The molecule has 0 bridgehead atoms. The highest BCUT2D eigenvalue weighted by molar-refractivity contribution is 5.42. The third-order valence-corrected chi connectivity index (χ3v) is 2.05. The normalized spacial score (nSPS) is 9.81. The van der Waals surface area contributed by atoms with Gasteiger partial charge in [-0.05, 0) is 30.3 Å². The van der Waals surface area contributed by atoms with E-state index in [0.29, 0.717) is 23.1 Å². The van der Waals surface area contributed by atoms with Gasteiger partial charge in [-0.1, -0.05) is 0 Å². The quantitative estimate of drug-likeness (QED) is 0.801. The van der Waals surface area contributed by atoms with E-state index in [4.69, 9.17) is 15.2 Å². The molecule has 0 radical (unpaired) electrons. The number of methoxy groups -OCH3 is 1. The summed E-state index contributed by atoms with van der Waals surface area (Å²) in [6.45, 7) is 0. The Morgan fingerprint density at radius 2 is 1.69 bits per heavy atom. The molecule has 0 atom stereocenters. The lowest BCUT2D eigenvalue weighted by molar-refractivity contribution is 0.408. The summed E-state index contributed by atoms with van der Waals surface area (Å²) in [6, 6.07) is 10.7. The first-order valence-corrected chi connectivity index (χ1v) is 4.81. The fourth-order valence-corrected chi connectivity index (χ4v) is 1.20. The van der Waals surface area contributed by atoms with E-state index in [9.17, 15) is 0 Å². The molecule has 4 nitrogen and oxygen atoms in total. The topological polar surface area (TPSA) is 57.4 Å². The Hall–Kier alpha value is -2.23. The van der Waals surface area contributed by atoms with Gasteiger partial charge in [0.15, 0.2) is 0 Å². The summed E-state index contributed by atoms with van der Waals surface area (Å²) < 4.78 is 10.5. The van der Waals surface area contributed by atoms with Crippen LogP contribution in [0.1, 0.15) is 0 Å². The summed E-state index contributed by atoms with van der Waals surface area (Å²) in [5.41, 5.74) is 6.27. The second-order valence-corrected chi connectivity index (χ2v) is 3.21. The van der Waals surface area contributed by atoms with Crippen LogP contribution >= 0.6 is 0 Å². The first-order chi connectivity index (χ1) is 7.78. The van der Waals surface area contributed by atoms with Crippen molar-refractivity contribution < 1.29 is 9.47 Å². The molecular formula is C12H12N2O2. The zero-order chi connectivity index (χ0) is 11.4. The van der Waals surface area contributed by atoms with E-state index >= 15 is 0 Å². The van der Waals surface area contributed by atoms with Crippen molar-refractivity contribution in [3.05, 3.63) is 42.6 Å². The van der Waals surface area contributed by atoms with Gasteiger partial charge in [-0.3, -0.25) is 0 Å². The summed E-state index contributed by atoms with van der Waals surface area (Å²) in [5.74, 6) is 1.92. The molecule has 0 aliphatic carbocycles. The van der Waals surface area contributed by atoms with Crippen molar-refractivity contribution in [3.63, 3.8) is 0 Å². The van der Waals surface area contributed by atoms with Crippen LogP contribution in [0.25, 0.3) is 0 Å². The zero-order valence-electron chi connectivity index (χ0n) is 8.88. The summed E-state index contributed by atoms with van der Waals surface area (Å²) in [7, 11) is 1.59. The number of rotatable bonds is 3. The van der Waals surface area contributed by atoms with Crippen molar-refractivity contribution in [1.29, 1.82) is 0 Å².